The minimum absolute atomic E-state index is 0.385. The van der Waals surface area contributed by atoms with Gasteiger partial charge in [-0.25, -0.2) is 0 Å². The lowest BCUT2D eigenvalue weighted by Gasteiger charge is -2.14. The van der Waals surface area contributed by atoms with Crippen LogP contribution < -0.4 is 14.8 Å². The molecule has 2 rings (SSSR count). The molecular formula is C15H22N4O2. The first-order valence-electron chi connectivity index (χ1n) is 6.96. The van der Waals surface area contributed by atoms with Crippen LogP contribution in [0.2, 0.25) is 0 Å². The predicted molar refractivity (Wildman–Crippen MR) is 80.3 cm³/mol. The summed E-state index contributed by atoms with van der Waals surface area (Å²) in [5.41, 5.74) is 1.89. The molecule has 1 heterocycles. The second-order valence-corrected chi connectivity index (χ2v) is 5.18. The van der Waals surface area contributed by atoms with E-state index in [9.17, 15) is 0 Å². The third-order valence-corrected chi connectivity index (χ3v) is 3.00. The third kappa shape index (κ3) is 4.46. The lowest BCUT2D eigenvalue weighted by molar-refractivity contribution is 0.294. The van der Waals surface area contributed by atoms with Crippen molar-refractivity contribution in [2.45, 2.75) is 33.0 Å². The largest absolute Gasteiger partial charge is 0.497 e. The molecule has 0 saturated carbocycles. The molecule has 0 aliphatic heterocycles. The number of hydrogen-bond acceptors (Lipinski definition) is 5. The molecule has 0 amide bonds. The summed E-state index contributed by atoms with van der Waals surface area (Å²) < 4.78 is 12.8. The molecular weight excluding hydrogens is 268 g/mol. The number of benzene rings is 1. The fourth-order valence-corrected chi connectivity index (χ4v) is 1.87. The molecule has 1 aromatic carbocycles. The Morgan fingerprint density at radius 1 is 1.33 bits per heavy atom. The van der Waals surface area contributed by atoms with Crippen molar-refractivity contribution in [2.24, 2.45) is 7.05 Å². The van der Waals surface area contributed by atoms with Crippen LogP contribution in [-0.4, -0.2) is 28.1 Å². The molecule has 0 saturated heterocycles. The van der Waals surface area contributed by atoms with Crippen LogP contribution in [0.3, 0.4) is 0 Å². The zero-order chi connectivity index (χ0) is 15.2. The molecule has 21 heavy (non-hydrogen) atoms. The number of nitrogens with one attached hydrogen (secondary N) is 1. The molecule has 0 fully saturated rings. The summed E-state index contributed by atoms with van der Waals surface area (Å²) >= 11 is 0. The Hall–Kier alpha value is -2.08. The molecule has 2 aromatic rings. The van der Waals surface area contributed by atoms with Gasteiger partial charge in [-0.15, -0.1) is 5.10 Å². The van der Waals surface area contributed by atoms with E-state index in [1.165, 1.54) is 0 Å². The molecule has 1 aromatic heterocycles. The number of ether oxygens (including phenoxy) is 2. The van der Waals surface area contributed by atoms with Crippen LogP contribution in [-0.2, 0) is 20.2 Å². The molecule has 1 N–H and O–H groups in total. The smallest absolute Gasteiger partial charge is 0.134 e. The fourth-order valence-electron chi connectivity index (χ4n) is 1.87. The second-order valence-electron chi connectivity index (χ2n) is 5.18. The van der Waals surface area contributed by atoms with Gasteiger partial charge in [0, 0.05) is 31.3 Å². The van der Waals surface area contributed by atoms with Gasteiger partial charge in [-0.3, -0.25) is 4.68 Å². The number of hydrogen-bond donors (Lipinski definition) is 1. The highest BCUT2D eigenvalue weighted by molar-refractivity contribution is 5.40. The SMILES string of the molecule is COc1ccc(CNC(C)C)c(OCc2cn(C)nn2)c1. The highest BCUT2D eigenvalue weighted by Gasteiger charge is 2.08. The minimum atomic E-state index is 0.385. The standard InChI is InChI=1S/C15H22N4O2/c1-11(2)16-8-12-5-6-14(20-4)7-15(12)21-10-13-9-19(3)18-17-13/h5-7,9,11,16H,8,10H2,1-4H3. The zero-order valence-electron chi connectivity index (χ0n) is 13.0. The summed E-state index contributed by atoms with van der Waals surface area (Å²) in [7, 11) is 3.48. The highest BCUT2D eigenvalue weighted by atomic mass is 16.5. The molecule has 0 radical (unpaired) electrons. The summed E-state index contributed by atoms with van der Waals surface area (Å²) in [6.45, 7) is 5.36. The van der Waals surface area contributed by atoms with Gasteiger partial charge in [-0.05, 0) is 6.07 Å². The number of methoxy groups -OCH3 is 1. The molecule has 114 valence electrons. The summed E-state index contributed by atoms with van der Waals surface area (Å²) in [6, 6.07) is 6.26. The Kier molecular flexibility index (Phi) is 5.16. The van der Waals surface area contributed by atoms with Crippen LogP contribution in [0.15, 0.2) is 24.4 Å². The van der Waals surface area contributed by atoms with Crippen molar-refractivity contribution in [1.29, 1.82) is 0 Å². The van der Waals surface area contributed by atoms with E-state index in [4.69, 9.17) is 9.47 Å². The van der Waals surface area contributed by atoms with Gasteiger partial charge in [0.2, 0.25) is 0 Å². The lowest BCUT2D eigenvalue weighted by atomic mass is 10.2. The second kappa shape index (κ2) is 7.08. The van der Waals surface area contributed by atoms with Crippen molar-refractivity contribution in [1.82, 2.24) is 20.3 Å². The van der Waals surface area contributed by atoms with Gasteiger partial charge in [0.05, 0.1) is 13.3 Å². The maximum Gasteiger partial charge on any atom is 0.134 e. The van der Waals surface area contributed by atoms with E-state index in [1.54, 1.807) is 11.8 Å². The number of rotatable bonds is 7. The Morgan fingerprint density at radius 3 is 2.76 bits per heavy atom. The maximum atomic E-state index is 5.88. The van der Waals surface area contributed by atoms with E-state index in [1.807, 2.05) is 31.4 Å². The van der Waals surface area contributed by atoms with Gasteiger partial charge >= 0.3 is 0 Å². The van der Waals surface area contributed by atoms with E-state index >= 15 is 0 Å². The van der Waals surface area contributed by atoms with Crippen molar-refractivity contribution in [3.63, 3.8) is 0 Å². The molecule has 0 spiro atoms. The van der Waals surface area contributed by atoms with Crippen LogP contribution in [0, 0.1) is 0 Å². The summed E-state index contributed by atoms with van der Waals surface area (Å²) in [5, 5.41) is 11.3. The van der Waals surface area contributed by atoms with E-state index in [-0.39, 0.29) is 0 Å². The molecule has 0 bridgehead atoms. The predicted octanol–water partition coefficient (Wildman–Crippen LogP) is 1.90. The first-order chi connectivity index (χ1) is 10.1. The van der Waals surface area contributed by atoms with Gasteiger partial charge in [0.1, 0.15) is 23.8 Å². The third-order valence-electron chi connectivity index (χ3n) is 3.00. The van der Waals surface area contributed by atoms with Gasteiger partial charge in [-0.1, -0.05) is 25.1 Å². The number of aryl methyl sites for hydroxylation is 1. The van der Waals surface area contributed by atoms with Crippen LogP contribution in [0.5, 0.6) is 11.5 Å². The van der Waals surface area contributed by atoms with Crippen LogP contribution in [0.25, 0.3) is 0 Å². The average Bonchev–Trinajstić information content (AvgIpc) is 2.88. The molecule has 6 heteroatoms. The normalized spacial score (nSPS) is 10.9. The topological polar surface area (TPSA) is 61.2 Å². The van der Waals surface area contributed by atoms with E-state index in [0.29, 0.717) is 12.6 Å². The highest BCUT2D eigenvalue weighted by Crippen LogP contribution is 2.25. The van der Waals surface area contributed by atoms with E-state index in [2.05, 4.69) is 29.5 Å². The average molecular weight is 290 g/mol. The van der Waals surface area contributed by atoms with Crippen molar-refractivity contribution in [2.75, 3.05) is 7.11 Å². The van der Waals surface area contributed by atoms with E-state index < -0.39 is 0 Å². The fraction of sp³-hybridized carbons (Fsp3) is 0.467. The quantitative estimate of drug-likeness (QED) is 0.844. The van der Waals surface area contributed by atoms with Gasteiger partial charge in [-0.2, -0.15) is 0 Å². The van der Waals surface area contributed by atoms with Crippen molar-refractivity contribution >= 4 is 0 Å². The first kappa shape index (κ1) is 15.3. The maximum absolute atomic E-state index is 5.88. The molecule has 0 aliphatic rings. The zero-order valence-corrected chi connectivity index (χ0v) is 13.0. The van der Waals surface area contributed by atoms with Gasteiger partial charge in [0.25, 0.3) is 0 Å². The monoisotopic (exact) mass is 290 g/mol. The van der Waals surface area contributed by atoms with Crippen molar-refractivity contribution < 1.29 is 9.47 Å². The molecule has 0 aliphatic carbocycles. The van der Waals surface area contributed by atoms with E-state index in [0.717, 1.165) is 29.3 Å². The van der Waals surface area contributed by atoms with Crippen LogP contribution >= 0.6 is 0 Å². The van der Waals surface area contributed by atoms with Crippen LogP contribution in [0.4, 0.5) is 0 Å². The van der Waals surface area contributed by atoms with Crippen LogP contribution in [0.1, 0.15) is 25.1 Å². The van der Waals surface area contributed by atoms with Gasteiger partial charge < -0.3 is 14.8 Å². The molecule has 0 unspecified atom stereocenters. The Bertz CT molecular complexity index is 581. The summed E-state index contributed by atoms with van der Waals surface area (Å²) in [5.74, 6) is 1.57. The summed E-state index contributed by atoms with van der Waals surface area (Å²) in [6.07, 6.45) is 1.84. The minimum Gasteiger partial charge on any atom is -0.497 e. The summed E-state index contributed by atoms with van der Waals surface area (Å²) in [4.78, 5) is 0. The number of aromatic nitrogens is 3. The molecule has 6 nitrogen and oxygen atoms in total. The first-order valence-corrected chi connectivity index (χ1v) is 6.96. The lowest BCUT2D eigenvalue weighted by Crippen LogP contribution is -2.22. The number of nitrogens with zero attached hydrogens (tertiary/aromatic N) is 3. The Morgan fingerprint density at radius 2 is 2.14 bits per heavy atom. The van der Waals surface area contributed by atoms with Crippen molar-refractivity contribution in [3.8, 4) is 11.5 Å². The van der Waals surface area contributed by atoms with Gasteiger partial charge in [0.15, 0.2) is 0 Å². The molecule has 0 atom stereocenters. The Balaban J connectivity index is 2.10. The van der Waals surface area contributed by atoms with Crippen molar-refractivity contribution in [3.05, 3.63) is 35.7 Å². The Labute approximate surface area is 125 Å².